The highest BCUT2D eigenvalue weighted by Crippen LogP contribution is 2.42. The standard InChI is InChI=1S/C25H27NO3/c1-29-23-15-8-14-22(27)21(23)18-26-17-9-16-24(26)25(28,19-10-4-2-5-11-19)20-12-6-3-7-13-20/h2-8,10-15,24,27-28H,9,16-18H2,1H3/t24-/m0/s1. The number of ether oxygens (including phenoxy) is 1. The first-order valence-electron chi connectivity index (χ1n) is 10.1. The number of benzene rings is 3. The lowest BCUT2D eigenvalue weighted by atomic mass is 9.79. The Labute approximate surface area is 172 Å². The van der Waals surface area contributed by atoms with Gasteiger partial charge in [0.2, 0.25) is 0 Å². The monoisotopic (exact) mass is 389 g/mol. The van der Waals surface area contributed by atoms with Gasteiger partial charge in [0, 0.05) is 18.2 Å². The molecule has 0 aromatic heterocycles. The van der Waals surface area contributed by atoms with Gasteiger partial charge in [-0.2, -0.15) is 0 Å². The Kier molecular flexibility index (Phi) is 5.56. The van der Waals surface area contributed by atoms with E-state index in [0.717, 1.165) is 36.1 Å². The summed E-state index contributed by atoms with van der Waals surface area (Å²) in [4.78, 5) is 2.26. The van der Waals surface area contributed by atoms with Gasteiger partial charge < -0.3 is 14.9 Å². The quantitative estimate of drug-likeness (QED) is 0.660. The molecule has 0 unspecified atom stereocenters. The van der Waals surface area contributed by atoms with Crippen LogP contribution < -0.4 is 4.74 Å². The van der Waals surface area contributed by atoms with Crippen LogP contribution in [0.4, 0.5) is 0 Å². The van der Waals surface area contributed by atoms with Crippen molar-refractivity contribution in [2.75, 3.05) is 13.7 Å². The van der Waals surface area contributed by atoms with Crippen LogP contribution in [0.25, 0.3) is 0 Å². The van der Waals surface area contributed by atoms with Crippen molar-refractivity contribution >= 4 is 0 Å². The number of rotatable bonds is 6. The van der Waals surface area contributed by atoms with Crippen molar-refractivity contribution in [3.8, 4) is 11.5 Å². The smallest absolute Gasteiger partial charge is 0.130 e. The van der Waals surface area contributed by atoms with E-state index >= 15 is 0 Å². The van der Waals surface area contributed by atoms with Crippen LogP contribution in [-0.2, 0) is 12.1 Å². The van der Waals surface area contributed by atoms with Crippen LogP contribution in [0.3, 0.4) is 0 Å². The third kappa shape index (κ3) is 3.61. The van der Waals surface area contributed by atoms with Crippen molar-refractivity contribution in [3.05, 3.63) is 95.6 Å². The number of nitrogens with zero attached hydrogens (tertiary/aromatic N) is 1. The summed E-state index contributed by atoms with van der Waals surface area (Å²) in [5, 5.41) is 22.6. The van der Waals surface area contributed by atoms with Crippen LogP contribution in [0, 0.1) is 0 Å². The second-order valence-corrected chi connectivity index (χ2v) is 7.58. The Morgan fingerprint density at radius 3 is 2.14 bits per heavy atom. The fourth-order valence-corrected chi connectivity index (χ4v) is 4.53. The van der Waals surface area contributed by atoms with Crippen LogP contribution in [-0.4, -0.2) is 34.8 Å². The van der Waals surface area contributed by atoms with E-state index in [1.54, 1.807) is 19.2 Å². The third-order valence-electron chi connectivity index (χ3n) is 5.96. The predicted octanol–water partition coefficient (Wildman–Crippen LogP) is 4.30. The zero-order valence-electron chi connectivity index (χ0n) is 16.7. The highest BCUT2D eigenvalue weighted by atomic mass is 16.5. The number of hydrogen-bond acceptors (Lipinski definition) is 4. The molecule has 0 radical (unpaired) electrons. The molecule has 1 heterocycles. The minimum atomic E-state index is -1.14. The molecule has 1 aliphatic heterocycles. The van der Waals surface area contributed by atoms with Gasteiger partial charge >= 0.3 is 0 Å². The van der Waals surface area contributed by atoms with E-state index in [2.05, 4.69) is 4.90 Å². The SMILES string of the molecule is COc1cccc(O)c1CN1CCC[C@H]1C(O)(c1ccccc1)c1ccccc1. The van der Waals surface area contributed by atoms with E-state index in [1.165, 1.54) is 0 Å². The van der Waals surface area contributed by atoms with E-state index in [0.29, 0.717) is 12.3 Å². The summed E-state index contributed by atoms with van der Waals surface area (Å²) in [5.41, 5.74) is 1.38. The number of phenolic OH excluding ortho intramolecular Hbond substituents is 1. The van der Waals surface area contributed by atoms with E-state index in [4.69, 9.17) is 4.74 Å². The van der Waals surface area contributed by atoms with Gasteiger partial charge in [-0.25, -0.2) is 0 Å². The summed E-state index contributed by atoms with van der Waals surface area (Å²) in [5.74, 6) is 0.886. The predicted molar refractivity (Wildman–Crippen MR) is 114 cm³/mol. The van der Waals surface area contributed by atoms with E-state index < -0.39 is 5.60 Å². The minimum Gasteiger partial charge on any atom is -0.507 e. The number of hydrogen-bond donors (Lipinski definition) is 2. The molecular weight excluding hydrogens is 362 g/mol. The van der Waals surface area contributed by atoms with Crippen molar-refractivity contribution in [1.82, 2.24) is 4.90 Å². The minimum absolute atomic E-state index is 0.114. The summed E-state index contributed by atoms with van der Waals surface area (Å²) in [6.45, 7) is 1.37. The molecule has 0 aliphatic carbocycles. The lowest BCUT2D eigenvalue weighted by molar-refractivity contribution is -0.00691. The molecule has 3 aromatic carbocycles. The van der Waals surface area contributed by atoms with Crippen LogP contribution in [0.15, 0.2) is 78.9 Å². The summed E-state index contributed by atoms with van der Waals surface area (Å²) >= 11 is 0. The van der Waals surface area contributed by atoms with Crippen molar-refractivity contribution in [2.24, 2.45) is 0 Å². The first-order chi connectivity index (χ1) is 14.1. The van der Waals surface area contributed by atoms with Crippen molar-refractivity contribution < 1.29 is 14.9 Å². The highest BCUT2D eigenvalue weighted by Gasteiger charge is 2.45. The molecule has 0 spiro atoms. The zero-order chi connectivity index (χ0) is 20.3. The molecule has 4 rings (SSSR count). The molecule has 1 saturated heterocycles. The van der Waals surface area contributed by atoms with E-state index in [1.807, 2.05) is 66.7 Å². The number of likely N-dealkylation sites (tertiary alicyclic amines) is 1. The summed E-state index contributed by atoms with van der Waals surface area (Å²) in [6.07, 6.45) is 1.86. The average Bonchev–Trinajstić information content (AvgIpc) is 3.24. The molecule has 0 saturated carbocycles. The highest BCUT2D eigenvalue weighted by molar-refractivity contribution is 5.44. The first kappa shape index (κ1) is 19.5. The first-order valence-corrected chi connectivity index (χ1v) is 10.1. The Bertz CT molecular complexity index is 903. The van der Waals surface area contributed by atoms with Crippen molar-refractivity contribution in [1.29, 1.82) is 0 Å². The molecule has 4 heteroatoms. The molecule has 0 amide bonds. The van der Waals surface area contributed by atoms with Gasteiger partial charge in [0.05, 0.1) is 7.11 Å². The third-order valence-corrected chi connectivity index (χ3v) is 5.96. The van der Waals surface area contributed by atoms with Crippen LogP contribution in [0.1, 0.15) is 29.5 Å². The lowest BCUT2D eigenvalue weighted by Crippen LogP contribution is -2.48. The molecule has 29 heavy (non-hydrogen) atoms. The number of aromatic hydroxyl groups is 1. The van der Waals surface area contributed by atoms with Crippen LogP contribution >= 0.6 is 0 Å². The Morgan fingerprint density at radius 1 is 0.931 bits per heavy atom. The lowest BCUT2D eigenvalue weighted by Gasteiger charge is -2.40. The second kappa shape index (κ2) is 8.27. The Morgan fingerprint density at radius 2 is 1.55 bits per heavy atom. The molecule has 0 bridgehead atoms. The number of methoxy groups -OCH3 is 1. The summed E-state index contributed by atoms with van der Waals surface area (Å²) in [7, 11) is 1.62. The zero-order valence-corrected chi connectivity index (χ0v) is 16.7. The van der Waals surface area contributed by atoms with Gasteiger partial charge in [-0.05, 0) is 42.6 Å². The fraction of sp³-hybridized carbons (Fsp3) is 0.280. The number of aliphatic hydroxyl groups is 1. The molecule has 4 nitrogen and oxygen atoms in total. The molecule has 2 N–H and O–H groups in total. The van der Waals surface area contributed by atoms with Crippen LogP contribution in [0.2, 0.25) is 0 Å². The molecule has 1 atom stereocenters. The van der Waals surface area contributed by atoms with Crippen molar-refractivity contribution in [2.45, 2.75) is 31.0 Å². The average molecular weight is 389 g/mol. The normalized spacial score (nSPS) is 17.4. The second-order valence-electron chi connectivity index (χ2n) is 7.58. The van der Waals surface area contributed by atoms with E-state index in [-0.39, 0.29) is 11.8 Å². The molecular formula is C25H27NO3. The van der Waals surface area contributed by atoms with Gasteiger partial charge in [-0.15, -0.1) is 0 Å². The Hall–Kier alpha value is -2.82. The fourth-order valence-electron chi connectivity index (χ4n) is 4.53. The molecule has 150 valence electrons. The van der Waals surface area contributed by atoms with E-state index in [9.17, 15) is 10.2 Å². The van der Waals surface area contributed by atoms with Gasteiger partial charge in [-0.3, -0.25) is 4.90 Å². The van der Waals surface area contributed by atoms with Gasteiger partial charge in [0.15, 0.2) is 0 Å². The summed E-state index contributed by atoms with van der Waals surface area (Å²) < 4.78 is 5.48. The van der Waals surface area contributed by atoms with Crippen LogP contribution in [0.5, 0.6) is 11.5 Å². The molecule has 1 aliphatic rings. The maximum atomic E-state index is 12.2. The van der Waals surface area contributed by atoms with Crippen molar-refractivity contribution in [3.63, 3.8) is 0 Å². The topological polar surface area (TPSA) is 52.9 Å². The maximum Gasteiger partial charge on any atom is 0.130 e. The molecule has 1 fully saturated rings. The van der Waals surface area contributed by atoms with Gasteiger partial charge in [-0.1, -0.05) is 66.7 Å². The number of phenols is 1. The van der Waals surface area contributed by atoms with Gasteiger partial charge in [0.25, 0.3) is 0 Å². The Balaban J connectivity index is 1.75. The largest absolute Gasteiger partial charge is 0.507 e. The maximum absolute atomic E-state index is 12.2. The molecule has 3 aromatic rings. The summed E-state index contributed by atoms with van der Waals surface area (Å²) in [6, 6.07) is 25.0. The van der Waals surface area contributed by atoms with Gasteiger partial charge in [0.1, 0.15) is 17.1 Å².